The molecule has 7 fully saturated rings. The summed E-state index contributed by atoms with van der Waals surface area (Å²) in [6.45, 7) is 10.1. The molecule has 0 bridgehead atoms. The predicted octanol–water partition coefficient (Wildman–Crippen LogP) is 5.45. The Kier molecular flexibility index (Phi) is 29.1. The van der Waals surface area contributed by atoms with E-state index >= 15 is 28.4 Å². The Labute approximate surface area is 600 Å². The molecular weight excluding hydrogens is 1330 g/mol. The van der Waals surface area contributed by atoms with Crippen molar-refractivity contribution in [3.63, 3.8) is 0 Å². The van der Waals surface area contributed by atoms with Crippen molar-refractivity contribution in [1.29, 1.82) is 0 Å². The minimum atomic E-state index is -4.77. The summed E-state index contributed by atoms with van der Waals surface area (Å²) in [7, 11) is 11.5. The molecule has 576 valence electrons. The fourth-order valence-electron chi connectivity index (χ4n) is 16.9. The van der Waals surface area contributed by atoms with Crippen molar-refractivity contribution < 1.29 is 79.8 Å². The van der Waals surface area contributed by atoms with E-state index < -0.39 is 199 Å². The largest absolute Gasteiger partial charge is 0.394 e. The van der Waals surface area contributed by atoms with Crippen molar-refractivity contribution in [2.45, 2.75) is 274 Å². The highest BCUT2D eigenvalue weighted by Gasteiger charge is 2.54. The third-order valence-corrected chi connectivity index (χ3v) is 23.7. The Morgan fingerprint density at radius 1 is 0.647 bits per heavy atom. The van der Waals surface area contributed by atoms with Crippen LogP contribution in [0.1, 0.15) is 196 Å². The zero-order valence-electron chi connectivity index (χ0n) is 63.0. The average molecular weight is 1450 g/mol. The van der Waals surface area contributed by atoms with Crippen molar-refractivity contribution in [3.05, 3.63) is 0 Å². The molecule has 3 aliphatic heterocycles. The average Bonchev–Trinajstić information content (AvgIpc) is 1.31. The molecule has 0 radical (unpaired) electrons. The van der Waals surface area contributed by atoms with E-state index in [1.165, 1.54) is 103 Å². The van der Waals surface area contributed by atoms with Gasteiger partial charge in [0.05, 0.1) is 25.0 Å². The number of rotatable bonds is 13. The van der Waals surface area contributed by atoms with Gasteiger partial charge < -0.3 is 64.8 Å². The SMILES string of the molecule is CCO[C@@H]1C[C@H]2C(=O)NC3(CCCC3)C(=O)N(C)[C@@H](C3CCCC3)C(=O)N(C)[C@H](C(=O)N(C)C)CC(=O)N(C)[C@@H](CC(C)C)C(=O)N[C@@H]([C@@H](C)CC)C(=O)N(C)[C@@H](C)C(=O)N3CC[C@H]3C(=O)N(C)[C@@H](CC3CCCCC3)C(=O)N(C)CC(=O)N[C@@H](CCC3CCC(C(F)(F)F)C(F)C3)C(=O)N2C1. The number of hydrogen-bond donors (Lipinski definition) is 3. The van der Waals surface area contributed by atoms with Crippen molar-refractivity contribution in [2.24, 2.45) is 35.5 Å². The smallest absolute Gasteiger partial charge is 0.377 e. The van der Waals surface area contributed by atoms with Gasteiger partial charge in [-0.2, -0.15) is 13.2 Å². The van der Waals surface area contributed by atoms with Gasteiger partial charge in [0.1, 0.15) is 66.1 Å². The van der Waals surface area contributed by atoms with Crippen LogP contribution in [0.5, 0.6) is 0 Å². The first-order valence-corrected chi connectivity index (χ1v) is 37.6. The van der Waals surface area contributed by atoms with Gasteiger partial charge in [-0.05, 0) is 120 Å². The zero-order valence-corrected chi connectivity index (χ0v) is 63.0. The lowest BCUT2D eigenvalue weighted by atomic mass is 9.78. The number of nitrogens with zero attached hydrogens (tertiary/aromatic N) is 9. The van der Waals surface area contributed by atoms with Gasteiger partial charge in [-0.15, -0.1) is 0 Å². The molecule has 25 nitrogen and oxygen atoms in total. The molecular formula is C73H118F4N12O13. The van der Waals surface area contributed by atoms with E-state index in [1.54, 1.807) is 13.8 Å². The van der Waals surface area contributed by atoms with E-state index in [-0.39, 0.29) is 89.3 Å². The Morgan fingerprint density at radius 2 is 1.28 bits per heavy atom. The number of fused-ring (bicyclic) bond motifs is 2. The molecule has 12 amide bonds. The molecule has 1 spiro atoms. The third kappa shape index (κ3) is 19.4. The molecule has 0 aromatic carbocycles. The highest BCUT2D eigenvalue weighted by molar-refractivity contribution is 6.01. The van der Waals surface area contributed by atoms with Gasteiger partial charge in [-0.3, -0.25) is 57.5 Å². The summed E-state index contributed by atoms with van der Waals surface area (Å²) in [6.07, 6.45) is -0.563. The molecule has 4 saturated carbocycles. The van der Waals surface area contributed by atoms with Crippen molar-refractivity contribution >= 4 is 70.9 Å². The van der Waals surface area contributed by atoms with E-state index in [0.717, 1.165) is 49.8 Å². The summed E-state index contributed by atoms with van der Waals surface area (Å²) < 4.78 is 63.3. The fraction of sp³-hybridized carbons (Fsp3) is 0.836. The van der Waals surface area contributed by atoms with Crippen LogP contribution in [0.3, 0.4) is 0 Å². The highest BCUT2D eigenvalue weighted by Crippen LogP contribution is 2.43. The molecule has 7 rings (SSSR count). The Hall–Kier alpha value is -6.68. The van der Waals surface area contributed by atoms with Crippen molar-refractivity contribution in [1.82, 2.24) is 60.0 Å². The molecule has 4 aliphatic carbocycles. The number of nitrogens with one attached hydrogen (secondary N) is 3. The van der Waals surface area contributed by atoms with Crippen LogP contribution in [0, 0.1) is 35.5 Å². The molecule has 29 heteroatoms. The quantitative estimate of drug-likeness (QED) is 0.194. The van der Waals surface area contributed by atoms with Crippen LogP contribution in [0.2, 0.25) is 0 Å². The minimum Gasteiger partial charge on any atom is -0.377 e. The van der Waals surface area contributed by atoms with Gasteiger partial charge in [-0.1, -0.05) is 91.9 Å². The monoisotopic (exact) mass is 1450 g/mol. The molecule has 3 unspecified atom stereocenters. The van der Waals surface area contributed by atoms with Crippen LogP contribution < -0.4 is 16.0 Å². The second-order valence-corrected chi connectivity index (χ2v) is 31.3. The zero-order chi connectivity index (χ0) is 75.6. The number of hydrogen-bond acceptors (Lipinski definition) is 13. The fourth-order valence-corrected chi connectivity index (χ4v) is 16.9. The standard InChI is InChI=1S/C73H118F4N12O13/c1-15-44(5)60-69(99)83(10)45(6)64(94)88-35-32-53(88)68(98)85(12)56(38-46-24-18-17-19-25-46)67(97)82(9)42-58(90)78-52(31-29-47-28-30-50(51(74)37-47)73(75,76)77)65(95)89-41-49(102-16-2)39-55(89)63(93)80-72(33-22-23-34-72)71(101)87(14)61(48-26-20-21-27-48)70(100)86(13)57(66(96)81(7)8)40-59(91)84(11)54(36-43(3)4)62(92)79-60/h43-57,60-61H,15-42H2,1-14H3,(H,78,90)(H,79,92)(H,80,93)/t44-,45-,47?,49+,50?,51?,52-,53-,54-,55-,56-,57-,60-,61-/m0/s1. The second-order valence-electron chi connectivity index (χ2n) is 31.3. The minimum absolute atomic E-state index is 0.00675. The molecule has 3 saturated heterocycles. The van der Waals surface area contributed by atoms with Gasteiger partial charge >= 0.3 is 6.18 Å². The molecule has 14 atom stereocenters. The number of alkyl halides is 4. The van der Waals surface area contributed by atoms with Gasteiger partial charge in [0, 0.05) is 82.5 Å². The van der Waals surface area contributed by atoms with Crippen LogP contribution in [-0.4, -0.2) is 276 Å². The van der Waals surface area contributed by atoms with Crippen LogP contribution in [0.15, 0.2) is 0 Å². The topological polar surface area (TPSA) is 279 Å². The lowest BCUT2D eigenvalue weighted by Gasteiger charge is -2.45. The van der Waals surface area contributed by atoms with Crippen LogP contribution in [0.4, 0.5) is 17.6 Å². The first kappa shape index (κ1) is 82.6. The molecule has 7 aliphatic rings. The lowest BCUT2D eigenvalue weighted by molar-refractivity contribution is -0.201. The van der Waals surface area contributed by atoms with Gasteiger partial charge in [0.2, 0.25) is 70.9 Å². The van der Waals surface area contributed by atoms with Crippen molar-refractivity contribution in [3.8, 4) is 0 Å². The van der Waals surface area contributed by atoms with E-state index in [0.29, 0.717) is 32.1 Å². The van der Waals surface area contributed by atoms with Crippen LogP contribution in [0.25, 0.3) is 0 Å². The molecule has 3 N–H and O–H groups in total. The number of amides is 12. The first-order chi connectivity index (χ1) is 48.0. The van der Waals surface area contributed by atoms with E-state index in [2.05, 4.69) is 16.0 Å². The Morgan fingerprint density at radius 3 is 1.85 bits per heavy atom. The lowest BCUT2D eigenvalue weighted by Crippen LogP contribution is -2.65. The maximum Gasteiger partial charge on any atom is 0.394 e. The van der Waals surface area contributed by atoms with Crippen LogP contribution >= 0.6 is 0 Å². The third-order valence-electron chi connectivity index (χ3n) is 23.7. The molecule has 0 aromatic rings. The summed E-state index contributed by atoms with van der Waals surface area (Å²) >= 11 is 0. The normalized spacial score (nSPS) is 31.3. The van der Waals surface area contributed by atoms with Gasteiger partial charge in [0.15, 0.2) is 0 Å². The summed E-state index contributed by atoms with van der Waals surface area (Å²) in [4.78, 5) is 192. The van der Waals surface area contributed by atoms with Gasteiger partial charge in [0.25, 0.3) is 0 Å². The summed E-state index contributed by atoms with van der Waals surface area (Å²) in [5.41, 5.74) is -1.63. The number of likely N-dealkylation sites (N-methyl/N-ethyl adjacent to an activating group) is 7. The Balaban J connectivity index is 1.30. The van der Waals surface area contributed by atoms with Gasteiger partial charge in [-0.25, -0.2) is 4.39 Å². The van der Waals surface area contributed by atoms with E-state index in [1.807, 2.05) is 20.8 Å². The number of ether oxygens (including phenoxy) is 1. The summed E-state index contributed by atoms with van der Waals surface area (Å²) in [5.74, 6) is -11.9. The molecule has 3 heterocycles. The molecule has 0 aromatic heterocycles. The Bertz CT molecular complexity index is 3000. The number of carbonyl (C=O) groups excluding carboxylic acids is 12. The first-order valence-electron chi connectivity index (χ1n) is 37.6. The van der Waals surface area contributed by atoms with E-state index in [4.69, 9.17) is 4.74 Å². The number of halogens is 4. The maximum atomic E-state index is 15.7. The van der Waals surface area contributed by atoms with E-state index in [9.17, 15) is 46.7 Å². The van der Waals surface area contributed by atoms with Crippen molar-refractivity contribution in [2.75, 3.05) is 82.6 Å². The second kappa shape index (κ2) is 35.9. The summed E-state index contributed by atoms with van der Waals surface area (Å²) in [5, 5.41) is 8.77. The predicted molar refractivity (Wildman–Crippen MR) is 371 cm³/mol. The number of carbonyl (C=O) groups is 12. The maximum absolute atomic E-state index is 15.7. The summed E-state index contributed by atoms with van der Waals surface area (Å²) in [6, 6.07) is -11.3. The molecule has 102 heavy (non-hydrogen) atoms. The van der Waals surface area contributed by atoms with Crippen LogP contribution in [-0.2, 0) is 62.3 Å². The highest BCUT2D eigenvalue weighted by atomic mass is 19.4.